The third kappa shape index (κ3) is 8.34. The van der Waals surface area contributed by atoms with Crippen LogP contribution in [0.5, 0.6) is 0 Å². The molecule has 0 aliphatic carbocycles. The number of nitrogens with zero attached hydrogens (tertiary/aromatic N) is 2. The van der Waals surface area contributed by atoms with Crippen LogP contribution in [-0.2, 0) is 16.0 Å². The van der Waals surface area contributed by atoms with Gasteiger partial charge in [0.15, 0.2) is 17.5 Å². The van der Waals surface area contributed by atoms with E-state index in [0.717, 1.165) is 33.4 Å². The third-order valence-corrected chi connectivity index (χ3v) is 7.33. The summed E-state index contributed by atoms with van der Waals surface area (Å²) in [6.45, 7) is 9.80. The molecular formula is C33H40F3N3O4. The van der Waals surface area contributed by atoms with Crippen molar-refractivity contribution in [1.29, 1.82) is 0 Å². The number of halogens is 3. The van der Waals surface area contributed by atoms with Gasteiger partial charge in [0.2, 0.25) is 5.91 Å². The summed E-state index contributed by atoms with van der Waals surface area (Å²) in [6.07, 6.45) is 1.20. The normalized spacial score (nSPS) is 12.9. The van der Waals surface area contributed by atoms with E-state index in [1.54, 1.807) is 0 Å². The van der Waals surface area contributed by atoms with Crippen molar-refractivity contribution in [3.8, 4) is 11.1 Å². The Morgan fingerprint density at radius 2 is 1.60 bits per heavy atom. The van der Waals surface area contributed by atoms with E-state index in [-0.39, 0.29) is 17.9 Å². The minimum absolute atomic E-state index is 0.112. The molecule has 2 atom stereocenters. The van der Waals surface area contributed by atoms with Crippen molar-refractivity contribution in [3.63, 3.8) is 0 Å². The molecule has 7 nitrogen and oxygen atoms in total. The number of hydrogen-bond acceptors (Lipinski definition) is 4. The number of carboxylic acid groups (broad SMARTS) is 1. The van der Waals surface area contributed by atoms with E-state index in [4.69, 9.17) is 0 Å². The Labute approximate surface area is 250 Å². The predicted molar refractivity (Wildman–Crippen MR) is 161 cm³/mol. The lowest BCUT2D eigenvalue weighted by Crippen LogP contribution is -2.41. The average molecular weight is 600 g/mol. The zero-order valence-electron chi connectivity index (χ0n) is 25.7. The predicted octanol–water partition coefficient (Wildman–Crippen LogP) is 5.88. The van der Waals surface area contributed by atoms with Crippen molar-refractivity contribution >= 4 is 11.9 Å². The second-order valence-electron chi connectivity index (χ2n) is 11.9. The molecule has 1 unspecified atom stereocenters. The van der Waals surface area contributed by atoms with Crippen LogP contribution >= 0.6 is 0 Å². The van der Waals surface area contributed by atoms with E-state index >= 15 is 8.78 Å². The Balaban J connectivity index is 2.11. The first-order chi connectivity index (χ1) is 20.1. The van der Waals surface area contributed by atoms with E-state index in [1.807, 2.05) is 65.7 Å². The summed E-state index contributed by atoms with van der Waals surface area (Å²) in [5, 5.41) is 12.2. The fourth-order valence-electron chi connectivity index (χ4n) is 5.46. The van der Waals surface area contributed by atoms with Gasteiger partial charge in [-0.3, -0.25) is 14.4 Å². The molecule has 0 saturated heterocycles. The second kappa shape index (κ2) is 14.0. The Hall–Kier alpha value is -3.92. The zero-order chi connectivity index (χ0) is 32.2. The number of pyridine rings is 1. The summed E-state index contributed by atoms with van der Waals surface area (Å²) in [6, 6.07) is 4.64. The molecule has 0 radical (unpaired) electrons. The molecule has 2 aromatic carbocycles. The monoisotopic (exact) mass is 599 g/mol. The van der Waals surface area contributed by atoms with Gasteiger partial charge < -0.3 is 19.9 Å². The van der Waals surface area contributed by atoms with Gasteiger partial charge in [0.25, 0.3) is 5.56 Å². The van der Waals surface area contributed by atoms with Crippen LogP contribution in [0.25, 0.3) is 11.1 Å². The first-order valence-electron chi connectivity index (χ1n) is 14.2. The number of carboxylic acids is 1. The highest BCUT2D eigenvalue weighted by Gasteiger charge is 2.30. The van der Waals surface area contributed by atoms with E-state index in [0.29, 0.717) is 29.7 Å². The van der Waals surface area contributed by atoms with E-state index < -0.39 is 53.4 Å². The second-order valence-corrected chi connectivity index (χ2v) is 11.9. The Morgan fingerprint density at radius 3 is 2.16 bits per heavy atom. The van der Waals surface area contributed by atoms with Crippen LogP contribution in [0, 0.1) is 44.1 Å². The molecule has 0 bridgehead atoms. The maximum atomic E-state index is 15.3. The zero-order valence-corrected chi connectivity index (χ0v) is 25.7. The highest BCUT2D eigenvalue weighted by atomic mass is 19.2. The van der Waals surface area contributed by atoms with Crippen molar-refractivity contribution < 1.29 is 27.9 Å². The SMILES string of the molecule is Cc1cc(C)c(-c2cc(F)c(F)c([C@H](CC(=O)O)NC(=O)C(CC(C)C)n3cc(CCN(C)C)cc(F)c3=O)c2)c(C)c1. The number of aliphatic carboxylic acids is 1. The molecule has 43 heavy (non-hydrogen) atoms. The molecule has 3 rings (SSSR count). The Kier molecular flexibility index (Phi) is 11.0. The molecule has 0 spiro atoms. The topological polar surface area (TPSA) is 91.6 Å². The number of aryl methyl sites for hydroxylation is 3. The number of carbonyl (C=O) groups excluding carboxylic acids is 1. The lowest BCUT2D eigenvalue weighted by Gasteiger charge is -2.26. The maximum Gasteiger partial charge on any atom is 0.305 e. The van der Waals surface area contributed by atoms with E-state index in [1.165, 1.54) is 12.3 Å². The Bertz CT molecular complexity index is 1540. The number of aromatic nitrogens is 1. The van der Waals surface area contributed by atoms with Crippen molar-refractivity contribution in [3.05, 3.63) is 92.2 Å². The van der Waals surface area contributed by atoms with E-state index in [2.05, 4.69) is 5.32 Å². The summed E-state index contributed by atoms with van der Waals surface area (Å²) in [4.78, 5) is 40.4. The van der Waals surface area contributed by atoms with Crippen LogP contribution in [-0.4, -0.2) is 47.1 Å². The number of hydrogen-bond donors (Lipinski definition) is 2. The number of benzene rings is 2. The fourth-order valence-corrected chi connectivity index (χ4v) is 5.46. The molecule has 0 saturated carbocycles. The van der Waals surface area contributed by atoms with Gasteiger partial charge in [0, 0.05) is 18.3 Å². The maximum absolute atomic E-state index is 15.3. The average Bonchev–Trinajstić information content (AvgIpc) is 2.88. The van der Waals surface area contributed by atoms with Crippen LogP contribution in [0.15, 0.2) is 41.3 Å². The first-order valence-corrected chi connectivity index (χ1v) is 14.2. The van der Waals surface area contributed by atoms with Gasteiger partial charge in [0.05, 0.1) is 12.5 Å². The fraction of sp³-hybridized carbons (Fsp3) is 0.424. The molecular weight excluding hydrogens is 559 g/mol. The van der Waals surface area contributed by atoms with Crippen molar-refractivity contribution in [1.82, 2.24) is 14.8 Å². The minimum Gasteiger partial charge on any atom is -0.481 e. The largest absolute Gasteiger partial charge is 0.481 e. The molecule has 0 aliphatic heterocycles. The molecule has 1 amide bonds. The first kappa shape index (κ1) is 33.6. The highest BCUT2D eigenvalue weighted by molar-refractivity contribution is 5.82. The number of nitrogens with one attached hydrogen (secondary N) is 1. The van der Waals surface area contributed by atoms with Gasteiger partial charge in [-0.15, -0.1) is 0 Å². The smallest absolute Gasteiger partial charge is 0.305 e. The van der Waals surface area contributed by atoms with E-state index in [9.17, 15) is 23.9 Å². The molecule has 3 aromatic rings. The number of rotatable bonds is 12. The van der Waals surface area contributed by atoms with Crippen LogP contribution in [0.4, 0.5) is 13.2 Å². The van der Waals surface area contributed by atoms with Gasteiger partial charge >= 0.3 is 5.97 Å². The summed E-state index contributed by atoms with van der Waals surface area (Å²) < 4.78 is 46.2. The standard InChI is InChI=1S/C33H40F3N3O4/c1-18(2)10-28(39-17-22(8-9-38(6)7)13-26(35)33(39)43)32(42)37-27(16-29(40)41)24-14-23(15-25(34)31(24)36)30-20(4)11-19(3)12-21(30)5/h11-15,17-18,27-28H,8-10,16H2,1-7H3,(H,37,42)(H,40,41)/t27-,28?/m0/s1. The van der Waals surface area contributed by atoms with Crippen LogP contribution in [0.2, 0.25) is 0 Å². The third-order valence-electron chi connectivity index (χ3n) is 7.33. The molecule has 232 valence electrons. The summed E-state index contributed by atoms with van der Waals surface area (Å²) >= 11 is 0. The minimum atomic E-state index is -1.47. The number of likely N-dealkylation sites (N-methyl/N-ethyl adjacent to an activating group) is 1. The van der Waals surface area contributed by atoms with Crippen LogP contribution < -0.4 is 10.9 Å². The van der Waals surface area contributed by atoms with Gasteiger partial charge in [-0.25, -0.2) is 13.2 Å². The van der Waals surface area contributed by atoms with Gasteiger partial charge in [-0.05, 0) is 99.6 Å². The van der Waals surface area contributed by atoms with Crippen LogP contribution in [0.3, 0.4) is 0 Å². The van der Waals surface area contributed by atoms with Crippen molar-refractivity contribution in [2.24, 2.45) is 5.92 Å². The molecule has 0 fully saturated rings. The molecule has 10 heteroatoms. The highest BCUT2D eigenvalue weighted by Crippen LogP contribution is 2.34. The van der Waals surface area contributed by atoms with Crippen LogP contribution in [0.1, 0.15) is 66.6 Å². The lowest BCUT2D eigenvalue weighted by molar-refractivity contribution is -0.138. The van der Waals surface area contributed by atoms with Gasteiger partial charge in [0.1, 0.15) is 6.04 Å². The summed E-state index contributed by atoms with van der Waals surface area (Å²) in [7, 11) is 3.70. The molecule has 0 aliphatic rings. The Morgan fingerprint density at radius 1 is 0.977 bits per heavy atom. The van der Waals surface area contributed by atoms with Gasteiger partial charge in [-0.1, -0.05) is 31.5 Å². The van der Waals surface area contributed by atoms with Crippen molar-refractivity contribution in [2.75, 3.05) is 20.6 Å². The number of amides is 1. The number of carbonyl (C=O) groups is 2. The summed E-state index contributed by atoms with van der Waals surface area (Å²) in [5.74, 6) is -5.79. The lowest BCUT2D eigenvalue weighted by atomic mass is 9.90. The summed E-state index contributed by atoms with van der Waals surface area (Å²) in [5.41, 5.74) is 2.78. The molecule has 1 heterocycles. The molecule has 1 aromatic heterocycles. The van der Waals surface area contributed by atoms with Gasteiger partial charge in [-0.2, -0.15) is 0 Å². The molecule has 2 N–H and O–H groups in total. The quantitative estimate of drug-likeness (QED) is 0.271. The van der Waals surface area contributed by atoms with Crippen molar-refractivity contribution in [2.45, 2.75) is 66.0 Å².